The van der Waals surface area contributed by atoms with Crippen molar-refractivity contribution in [2.75, 3.05) is 24.7 Å². The number of aryl methyl sites for hydroxylation is 1. The molecule has 7 nitrogen and oxygen atoms in total. The number of thioether (sulfide) groups is 1. The molecule has 2 unspecified atom stereocenters. The smallest absolute Gasteiger partial charge is 0.311 e. The summed E-state index contributed by atoms with van der Waals surface area (Å²) in [6.45, 7) is 13.4. The SMILES string of the molecule is C=CCCCCOC(=O)[C@H]1[C@H]2C(=O)N([C@H](C)CO)C(C(=O)N(CC=C)c3c(C)cccc3Cl)C23CC[C@]1(C)S3. The molecule has 3 heterocycles. The topological polar surface area (TPSA) is 87.1 Å². The van der Waals surface area contributed by atoms with Crippen LogP contribution in [0.25, 0.3) is 0 Å². The number of fused-ring (bicyclic) bond motifs is 1. The molecule has 1 N–H and O–H groups in total. The van der Waals surface area contributed by atoms with E-state index >= 15 is 0 Å². The predicted octanol–water partition coefficient (Wildman–Crippen LogP) is 4.93. The highest BCUT2D eigenvalue weighted by atomic mass is 35.5. The van der Waals surface area contributed by atoms with Crippen LogP contribution in [0, 0.1) is 18.8 Å². The van der Waals surface area contributed by atoms with Crippen LogP contribution in [-0.4, -0.2) is 69.1 Å². The monoisotopic (exact) mass is 574 g/mol. The molecule has 0 saturated carbocycles. The van der Waals surface area contributed by atoms with Gasteiger partial charge in [-0.15, -0.1) is 24.9 Å². The van der Waals surface area contributed by atoms with Crippen LogP contribution in [0.15, 0.2) is 43.5 Å². The molecule has 6 atom stereocenters. The number of benzene rings is 1. The average Bonchev–Trinajstić information content (AvgIpc) is 3.47. The number of amides is 2. The molecule has 0 aliphatic carbocycles. The van der Waals surface area contributed by atoms with Crippen LogP contribution in [0.4, 0.5) is 5.69 Å². The molecule has 4 rings (SSSR count). The van der Waals surface area contributed by atoms with Gasteiger partial charge in [0.05, 0.1) is 46.5 Å². The zero-order valence-corrected chi connectivity index (χ0v) is 24.6. The van der Waals surface area contributed by atoms with Crippen molar-refractivity contribution in [1.29, 1.82) is 0 Å². The maximum Gasteiger partial charge on any atom is 0.311 e. The zero-order valence-electron chi connectivity index (χ0n) is 23.0. The number of esters is 1. The van der Waals surface area contributed by atoms with Crippen LogP contribution in [0.2, 0.25) is 5.02 Å². The van der Waals surface area contributed by atoms with Crippen LogP contribution in [0.5, 0.6) is 0 Å². The third-order valence-electron chi connectivity index (χ3n) is 8.52. The number of rotatable bonds is 12. The van der Waals surface area contributed by atoms with Crippen LogP contribution >= 0.6 is 23.4 Å². The van der Waals surface area contributed by atoms with E-state index in [1.807, 2.05) is 32.1 Å². The van der Waals surface area contributed by atoms with E-state index < -0.39 is 33.4 Å². The summed E-state index contributed by atoms with van der Waals surface area (Å²) in [7, 11) is 0. The Labute approximate surface area is 240 Å². The average molecular weight is 575 g/mol. The molecule has 3 saturated heterocycles. The Morgan fingerprint density at radius 1 is 1.31 bits per heavy atom. The Balaban J connectivity index is 1.74. The summed E-state index contributed by atoms with van der Waals surface area (Å²) in [5.41, 5.74) is 1.40. The van der Waals surface area contributed by atoms with Gasteiger partial charge < -0.3 is 19.6 Å². The Hall–Kier alpha value is -2.29. The lowest BCUT2D eigenvalue weighted by molar-refractivity contribution is -0.156. The largest absolute Gasteiger partial charge is 0.465 e. The van der Waals surface area contributed by atoms with Gasteiger partial charge in [0.2, 0.25) is 5.91 Å². The maximum absolute atomic E-state index is 14.6. The van der Waals surface area contributed by atoms with Gasteiger partial charge in [-0.25, -0.2) is 0 Å². The molecule has 212 valence electrons. The number of unbranched alkanes of at least 4 members (excludes halogenated alkanes) is 2. The number of ether oxygens (including phenoxy) is 1. The Bertz CT molecular complexity index is 1140. The van der Waals surface area contributed by atoms with Crippen molar-refractivity contribution in [2.45, 2.75) is 74.5 Å². The van der Waals surface area contributed by atoms with E-state index in [1.54, 1.807) is 35.7 Å². The fourth-order valence-corrected chi connectivity index (χ4v) is 9.40. The number of halogens is 1. The van der Waals surface area contributed by atoms with Crippen molar-refractivity contribution in [3.63, 3.8) is 0 Å². The van der Waals surface area contributed by atoms with Gasteiger partial charge in [-0.05, 0) is 64.5 Å². The van der Waals surface area contributed by atoms with Crippen molar-refractivity contribution in [3.05, 3.63) is 54.1 Å². The molecule has 2 amide bonds. The molecule has 39 heavy (non-hydrogen) atoms. The predicted molar refractivity (Wildman–Crippen MR) is 156 cm³/mol. The first-order valence-corrected chi connectivity index (χ1v) is 14.9. The van der Waals surface area contributed by atoms with E-state index in [4.69, 9.17) is 16.3 Å². The number of carbonyl (C=O) groups excluding carboxylic acids is 3. The molecule has 0 aromatic heterocycles. The summed E-state index contributed by atoms with van der Waals surface area (Å²) >= 11 is 8.18. The van der Waals surface area contributed by atoms with Gasteiger partial charge in [-0.2, -0.15) is 0 Å². The molecule has 0 radical (unpaired) electrons. The second-order valence-corrected chi connectivity index (χ2v) is 13.4. The van der Waals surface area contributed by atoms with Crippen molar-refractivity contribution < 1.29 is 24.2 Å². The normalized spacial score (nSPS) is 29.7. The fourth-order valence-electron chi connectivity index (χ4n) is 6.75. The number of anilines is 1. The van der Waals surface area contributed by atoms with Crippen LogP contribution in [0.3, 0.4) is 0 Å². The first kappa shape index (κ1) is 29.7. The number of hydrogen-bond acceptors (Lipinski definition) is 6. The minimum Gasteiger partial charge on any atom is -0.465 e. The molecule has 1 spiro atoms. The summed E-state index contributed by atoms with van der Waals surface area (Å²) in [5, 5.41) is 10.6. The van der Waals surface area contributed by atoms with E-state index in [0.29, 0.717) is 23.6 Å². The minimum absolute atomic E-state index is 0.203. The van der Waals surface area contributed by atoms with Gasteiger partial charge in [0.1, 0.15) is 6.04 Å². The first-order valence-electron chi connectivity index (χ1n) is 13.7. The molecule has 3 fully saturated rings. The lowest BCUT2D eigenvalue weighted by Crippen LogP contribution is -2.57. The van der Waals surface area contributed by atoms with Gasteiger partial charge in [0.15, 0.2) is 0 Å². The van der Waals surface area contributed by atoms with Crippen molar-refractivity contribution in [1.82, 2.24) is 4.90 Å². The molecule has 3 aliphatic heterocycles. The summed E-state index contributed by atoms with van der Waals surface area (Å²) in [6, 6.07) is 3.98. The number of carbonyl (C=O) groups is 3. The third-order valence-corrected chi connectivity index (χ3v) is 10.8. The van der Waals surface area contributed by atoms with E-state index in [1.165, 1.54) is 4.90 Å². The highest BCUT2D eigenvalue weighted by Crippen LogP contribution is 2.71. The number of allylic oxidation sites excluding steroid dienone is 1. The van der Waals surface area contributed by atoms with E-state index in [-0.39, 0.29) is 37.5 Å². The van der Waals surface area contributed by atoms with Crippen molar-refractivity contribution >= 4 is 46.8 Å². The zero-order chi connectivity index (χ0) is 28.5. The summed E-state index contributed by atoms with van der Waals surface area (Å²) in [4.78, 5) is 45.4. The molecule has 9 heteroatoms. The lowest BCUT2D eigenvalue weighted by atomic mass is 9.66. The number of likely N-dealkylation sites (tertiary alicyclic amines) is 1. The van der Waals surface area contributed by atoms with E-state index in [0.717, 1.165) is 24.8 Å². The third kappa shape index (κ3) is 4.93. The molecule has 1 aromatic rings. The maximum atomic E-state index is 14.6. The van der Waals surface area contributed by atoms with Crippen molar-refractivity contribution in [3.8, 4) is 0 Å². The van der Waals surface area contributed by atoms with Gasteiger partial charge >= 0.3 is 5.97 Å². The number of para-hydroxylation sites is 1. The summed E-state index contributed by atoms with van der Waals surface area (Å²) in [6.07, 6.45) is 7.23. The fraction of sp³-hybridized carbons (Fsp3) is 0.567. The van der Waals surface area contributed by atoms with Crippen molar-refractivity contribution in [2.24, 2.45) is 11.8 Å². The Morgan fingerprint density at radius 3 is 2.69 bits per heavy atom. The quantitative estimate of drug-likeness (QED) is 0.216. The number of aliphatic hydroxyl groups is 1. The molecule has 2 bridgehead atoms. The van der Waals surface area contributed by atoms with Gasteiger partial charge in [-0.1, -0.05) is 35.9 Å². The second-order valence-electron chi connectivity index (χ2n) is 11.1. The van der Waals surface area contributed by atoms with Gasteiger partial charge in [-0.3, -0.25) is 14.4 Å². The lowest BCUT2D eigenvalue weighted by Gasteiger charge is -2.39. The van der Waals surface area contributed by atoms with Crippen LogP contribution in [-0.2, 0) is 19.1 Å². The Kier molecular flexibility index (Phi) is 8.89. The van der Waals surface area contributed by atoms with E-state index in [2.05, 4.69) is 13.2 Å². The van der Waals surface area contributed by atoms with Crippen LogP contribution in [0.1, 0.15) is 51.5 Å². The molecular formula is C30H39ClN2O5S. The minimum atomic E-state index is -0.870. The Morgan fingerprint density at radius 2 is 2.05 bits per heavy atom. The van der Waals surface area contributed by atoms with Gasteiger partial charge in [0.25, 0.3) is 5.91 Å². The molecule has 1 aromatic carbocycles. The summed E-state index contributed by atoms with van der Waals surface area (Å²) in [5.74, 6) is -2.29. The second kappa shape index (κ2) is 11.7. The highest BCUT2D eigenvalue weighted by molar-refractivity contribution is 8.02. The highest BCUT2D eigenvalue weighted by Gasteiger charge is 2.78. The van der Waals surface area contributed by atoms with Crippen LogP contribution < -0.4 is 4.90 Å². The number of nitrogens with zero attached hydrogens (tertiary/aromatic N) is 2. The first-order chi connectivity index (χ1) is 18.6. The standard InChI is InChI=1S/C30H39ClN2O5S/c1-6-8-9-10-17-38-28(37)23-22-26(35)33(20(4)18-34)25(30(22)15-14-29(23,5)39-30)27(36)32(16-7-2)24-19(3)12-11-13-21(24)31/h6-7,11-13,20,22-23,25,34H,1-2,8-10,14-18H2,3-5H3/t20-,22+,23-,25?,29+,30?/m1/s1. The molecular weight excluding hydrogens is 536 g/mol. The number of aliphatic hydroxyl groups excluding tert-OH is 1. The molecule has 3 aliphatic rings. The van der Waals surface area contributed by atoms with E-state index in [9.17, 15) is 19.5 Å². The number of hydrogen-bond donors (Lipinski definition) is 1. The van der Waals surface area contributed by atoms with Gasteiger partial charge in [0, 0.05) is 11.3 Å². The summed E-state index contributed by atoms with van der Waals surface area (Å²) < 4.78 is 4.38.